The quantitative estimate of drug-likeness (QED) is 0.747. The van der Waals surface area contributed by atoms with Crippen molar-refractivity contribution in [3.05, 3.63) is 0 Å². The first kappa shape index (κ1) is 11.2. The summed E-state index contributed by atoms with van der Waals surface area (Å²) in [4.78, 5) is 0. The highest BCUT2D eigenvalue weighted by Gasteiger charge is 2.29. The fourth-order valence-corrected chi connectivity index (χ4v) is 3.59. The maximum atomic E-state index is 11.8. The van der Waals surface area contributed by atoms with E-state index in [1.54, 1.807) is 0 Å². The van der Waals surface area contributed by atoms with Crippen LogP contribution in [0.5, 0.6) is 0 Å². The van der Waals surface area contributed by atoms with Crippen molar-refractivity contribution in [3.63, 3.8) is 0 Å². The molecular formula is C10H21NOS. The summed E-state index contributed by atoms with van der Waals surface area (Å²) in [5.41, 5.74) is 0. The van der Waals surface area contributed by atoms with Gasteiger partial charge in [-0.3, -0.25) is 0 Å². The molecule has 1 saturated carbocycles. The number of rotatable bonds is 3. The molecule has 0 saturated heterocycles. The van der Waals surface area contributed by atoms with Crippen molar-refractivity contribution in [2.24, 2.45) is 11.8 Å². The van der Waals surface area contributed by atoms with Crippen LogP contribution in [0.3, 0.4) is 0 Å². The van der Waals surface area contributed by atoms with Crippen molar-refractivity contribution >= 4 is 11.0 Å². The summed E-state index contributed by atoms with van der Waals surface area (Å²) in [6.07, 6.45) is 3.67. The lowest BCUT2D eigenvalue weighted by molar-refractivity contribution is 0.313. The predicted octanol–water partition coefficient (Wildman–Crippen LogP) is 2.08. The maximum absolute atomic E-state index is 11.8. The minimum absolute atomic E-state index is 0.378. The van der Waals surface area contributed by atoms with Crippen molar-refractivity contribution in [1.29, 1.82) is 0 Å². The van der Waals surface area contributed by atoms with E-state index >= 15 is 0 Å². The first-order valence-electron chi connectivity index (χ1n) is 5.29. The van der Waals surface area contributed by atoms with Gasteiger partial charge in [-0.25, -0.2) is 8.93 Å². The SMILES string of the molecule is CCNS(=O)C1CC(C)CCC1C. The highest BCUT2D eigenvalue weighted by Crippen LogP contribution is 2.31. The van der Waals surface area contributed by atoms with E-state index in [2.05, 4.69) is 18.6 Å². The van der Waals surface area contributed by atoms with Crippen LogP contribution in [0.1, 0.15) is 40.0 Å². The molecule has 0 aliphatic heterocycles. The van der Waals surface area contributed by atoms with Crippen LogP contribution < -0.4 is 4.72 Å². The van der Waals surface area contributed by atoms with Crippen LogP contribution in [0.2, 0.25) is 0 Å². The summed E-state index contributed by atoms with van der Waals surface area (Å²) in [6.45, 7) is 7.31. The van der Waals surface area contributed by atoms with E-state index in [1.165, 1.54) is 12.8 Å². The van der Waals surface area contributed by atoms with Crippen LogP contribution in [0.4, 0.5) is 0 Å². The number of hydrogen-bond donors (Lipinski definition) is 1. The molecule has 1 fully saturated rings. The lowest BCUT2D eigenvalue weighted by atomic mass is 9.84. The second kappa shape index (κ2) is 5.11. The van der Waals surface area contributed by atoms with Crippen LogP contribution in [-0.4, -0.2) is 16.0 Å². The first-order chi connectivity index (χ1) is 6.15. The molecule has 0 aromatic heterocycles. The molecular weight excluding hydrogens is 182 g/mol. The maximum Gasteiger partial charge on any atom is 0.0949 e. The molecule has 1 aliphatic rings. The van der Waals surface area contributed by atoms with Gasteiger partial charge < -0.3 is 0 Å². The van der Waals surface area contributed by atoms with Crippen molar-refractivity contribution in [1.82, 2.24) is 4.72 Å². The Labute approximate surface area is 84.1 Å². The summed E-state index contributed by atoms with van der Waals surface area (Å²) in [7, 11) is -0.807. The standard InChI is InChI=1S/C10H21NOS/c1-4-11-13(12)10-7-8(2)5-6-9(10)3/h8-11H,4-7H2,1-3H3. The first-order valence-corrected chi connectivity index (χ1v) is 6.50. The summed E-state index contributed by atoms with van der Waals surface area (Å²) in [5, 5.41) is 0.378. The normalized spacial score (nSPS) is 37.3. The van der Waals surface area contributed by atoms with Gasteiger partial charge in [0, 0.05) is 6.54 Å². The summed E-state index contributed by atoms with van der Waals surface area (Å²) < 4.78 is 14.8. The fraction of sp³-hybridized carbons (Fsp3) is 1.00. The average Bonchev–Trinajstić information content (AvgIpc) is 2.09. The Morgan fingerprint density at radius 2 is 2.08 bits per heavy atom. The minimum Gasteiger partial charge on any atom is -0.243 e. The van der Waals surface area contributed by atoms with Gasteiger partial charge in [0.2, 0.25) is 0 Å². The predicted molar refractivity (Wildman–Crippen MR) is 57.8 cm³/mol. The Hall–Kier alpha value is 0.110. The van der Waals surface area contributed by atoms with Crippen LogP contribution >= 0.6 is 0 Å². The van der Waals surface area contributed by atoms with Crippen LogP contribution in [0, 0.1) is 11.8 Å². The second-order valence-electron chi connectivity index (χ2n) is 4.23. The summed E-state index contributed by atoms with van der Waals surface area (Å²) >= 11 is 0. The van der Waals surface area contributed by atoms with E-state index in [1.807, 2.05) is 6.92 Å². The van der Waals surface area contributed by atoms with E-state index < -0.39 is 11.0 Å². The Morgan fingerprint density at radius 3 is 2.69 bits per heavy atom. The van der Waals surface area contributed by atoms with Crippen LogP contribution in [-0.2, 0) is 11.0 Å². The molecule has 78 valence electrons. The Bertz CT molecular complexity index is 184. The van der Waals surface area contributed by atoms with Crippen molar-refractivity contribution in [3.8, 4) is 0 Å². The Balaban J connectivity index is 2.50. The molecule has 0 radical (unpaired) electrons. The van der Waals surface area contributed by atoms with E-state index in [0.717, 1.165) is 18.9 Å². The monoisotopic (exact) mass is 203 g/mol. The third-order valence-corrected chi connectivity index (χ3v) is 4.73. The molecule has 1 aliphatic carbocycles. The van der Waals surface area contributed by atoms with Crippen molar-refractivity contribution in [2.75, 3.05) is 6.54 Å². The average molecular weight is 203 g/mol. The molecule has 0 heterocycles. The van der Waals surface area contributed by atoms with Gasteiger partial charge in [0.15, 0.2) is 0 Å². The van der Waals surface area contributed by atoms with Crippen LogP contribution in [0.25, 0.3) is 0 Å². The Kier molecular flexibility index (Phi) is 4.39. The number of hydrogen-bond acceptors (Lipinski definition) is 1. The molecule has 1 rings (SSSR count). The summed E-state index contributed by atoms with van der Waals surface area (Å²) in [6, 6.07) is 0. The topological polar surface area (TPSA) is 29.1 Å². The lowest BCUT2D eigenvalue weighted by Gasteiger charge is -2.31. The minimum atomic E-state index is -0.807. The summed E-state index contributed by atoms with van der Waals surface area (Å²) in [5.74, 6) is 1.37. The lowest BCUT2D eigenvalue weighted by Crippen LogP contribution is -2.36. The highest BCUT2D eigenvalue weighted by molar-refractivity contribution is 7.83. The molecule has 0 bridgehead atoms. The fourth-order valence-electron chi connectivity index (χ4n) is 2.03. The molecule has 0 amide bonds. The Morgan fingerprint density at radius 1 is 1.38 bits per heavy atom. The van der Waals surface area contributed by atoms with E-state index in [4.69, 9.17) is 0 Å². The van der Waals surface area contributed by atoms with E-state index in [9.17, 15) is 4.21 Å². The molecule has 0 aromatic rings. The molecule has 3 heteroatoms. The van der Waals surface area contributed by atoms with Gasteiger partial charge >= 0.3 is 0 Å². The molecule has 0 spiro atoms. The van der Waals surface area contributed by atoms with Gasteiger partial charge in [0.1, 0.15) is 0 Å². The third-order valence-electron chi connectivity index (χ3n) is 2.95. The van der Waals surface area contributed by atoms with Gasteiger partial charge in [-0.15, -0.1) is 0 Å². The second-order valence-corrected chi connectivity index (χ2v) is 5.72. The van der Waals surface area contributed by atoms with Gasteiger partial charge in [0.25, 0.3) is 0 Å². The molecule has 4 atom stereocenters. The van der Waals surface area contributed by atoms with Gasteiger partial charge in [-0.2, -0.15) is 0 Å². The van der Waals surface area contributed by atoms with E-state index in [0.29, 0.717) is 11.2 Å². The highest BCUT2D eigenvalue weighted by atomic mass is 32.2. The zero-order valence-electron chi connectivity index (χ0n) is 8.88. The largest absolute Gasteiger partial charge is 0.243 e. The third kappa shape index (κ3) is 3.06. The van der Waals surface area contributed by atoms with Gasteiger partial charge in [-0.1, -0.05) is 27.2 Å². The van der Waals surface area contributed by atoms with Crippen molar-refractivity contribution in [2.45, 2.75) is 45.3 Å². The zero-order valence-corrected chi connectivity index (χ0v) is 9.69. The molecule has 0 aromatic carbocycles. The molecule has 2 nitrogen and oxygen atoms in total. The van der Waals surface area contributed by atoms with Gasteiger partial charge in [-0.05, 0) is 24.7 Å². The zero-order chi connectivity index (χ0) is 9.84. The molecule has 13 heavy (non-hydrogen) atoms. The van der Waals surface area contributed by atoms with E-state index in [-0.39, 0.29) is 0 Å². The van der Waals surface area contributed by atoms with Gasteiger partial charge in [0.05, 0.1) is 16.2 Å². The van der Waals surface area contributed by atoms with Crippen LogP contribution in [0.15, 0.2) is 0 Å². The van der Waals surface area contributed by atoms with Crippen molar-refractivity contribution < 1.29 is 4.21 Å². The molecule has 1 N–H and O–H groups in total. The molecule has 4 unspecified atom stereocenters. The number of nitrogens with one attached hydrogen (secondary N) is 1. The smallest absolute Gasteiger partial charge is 0.0949 e.